The molecule has 0 heterocycles. The van der Waals surface area contributed by atoms with Crippen LogP contribution >= 0.6 is 12.8 Å². The monoisotopic (exact) mass is 345 g/mol. The fourth-order valence-electron chi connectivity index (χ4n) is 1.88. The highest BCUT2D eigenvalue weighted by atomic mass is 32.1. The summed E-state index contributed by atoms with van der Waals surface area (Å²) >= 11 is 4.12. The molecule has 0 radical (unpaired) electrons. The van der Waals surface area contributed by atoms with Crippen molar-refractivity contribution in [2.45, 2.75) is 0 Å². The molecule has 0 bridgehead atoms. The Labute approximate surface area is 143 Å². The van der Waals surface area contributed by atoms with E-state index in [0.717, 1.165) is 4.31 Å². The third-order valence-corrected chi connectivity index (χ3v) is 3.51. The van der Waals surface area contributed by atoms with E-state index in [1.807, 2.05) is 5.43 Å². The van der Waals surface area contributed by atoms with Gasteiger partial charge in [0.15, 0.2) is 0 Å². The van der Waals surface area contributed by atoms with E-state index in [-0.39, 0.29) is 0 Å². The number of hydrogen-bond donors (Lipinski definition) is 5. The quantitative estimate of drug-likeness (QED) is 0.247. The van der Waals surface area contributed by atoms with E-state index < -0.39 is 17.8 Å². The number of amides is 4. The van der Waals surface area contributed by atoms with Gasteiger partial charge in [-0.3, -0.25) is 15.0 Å². The van der Waals surface area contributed by atoms with Crippen molar-refractivity contribution in [3.8, 4) is 0 Å². The Bertz CT molecular complexity index is 779. The Morgan fingerprint density at radius 1 is 1.00 bits per heavy atom. The number of rotatable bonds is 4. The number of anilines is 2. The predicted octanol–water partition coefficient (Wildman–Crippen LogP) is 1.27. The van der Waals surface area contributed by atoms with E-state index in [0.29, 0.717) is 22.5 Å². The van der Waals surface area contributed by atoms with Crippen molar-refractivity contribution in [3.63, 3.8) is 0 Å². The molecule has 0 atom stereocenters. The number of hydrazine groups is 1. The molecular weight excluding hydrogens is 330 g/mol. The maximum atomic E-state index is 12.2. The van der Waals surface area contributed by atoms with Gasteiger partial charge in [-0.25, -0.2) is 14.9 Å². The summed E-state index contributed by atoms with van der Waals surface area (Å²) in [7, 11) is 0. The van der Waals surface area contributed by atoms with Gasteiger partial charge in [-0.05, 0) is 42.5 Å². The van der Waals surface area contributed by atoms with E-state index in [9.17, 15) is 14.4 Å². The molecule has 9 heteroatoms. The summed E-state index contributed by atoms with van der Waals surface area (Å²) in [5, 5.41) is 2.60. The molecule has 0 aromatic heterocycles. The topological polar surface area (TPSA) is 131 Å². The van der Waals surface area contributed by atoms with Crippen LogP contribution < -0.4 is 26.6 Å². The summed E-state index contributed by atoms with van der Waals surface area (Å²) in [6.07, 6.45) is 0. The number of benzene rings is 2. The van der Waals surface area contributed by atoms with E-state index in [4.69, 9.17) is 11.6 Å². The highest BCUT2D eigenvalue weighted by Gasteiger charge is 2.14. The number of carbonyl (C=O) groups excluding carboxylic acids is 3. The van der Waals surface area contributed by atoms with Crippen LogP contribution in [-0.4, -0.2) is 17.8 Å². The Morgan fingerprint density at radius 3 is 2.25 bits per heavy atom. The lowest BCUT2D eigenvalue weighted by molar-refractivity contribution is 0.0952. The van der Waals surface area contributed by atoms with Crippen LogP contribution in [0.3, 0.4) is 0 Å². The van der Waals surface area contributed by atoms with Gasteiger partial charge in [0.25, 0.3) is 5.91 Å². The molecule has 0 unspecified atom stereocenters. The van der Waals surface area contributed by atoms with Gasteiger partial charge in [-0.2, -0.15) is 0 Å². The molecule has 0 saturated heterocycles. The summed E-state index contributed by atoms with van der Waals surface area (Å²) in [5.41, 5.74) is 8.63. The molecule has 24 heavy (non-hydrogen) atoms. The Hall–Kier alpha value is -3.04. The van der Waals surface area contributed by atoms with Crippen molar-refractivity contribution >= 4 is 42.0 Å². The summed E-state index contributed by atoms with van der Waals surface area (Å²) in [6, 6.07) is 11.7. The third-order valence-electron chi connectivity index (χ3n) is 3.10. The first-order valence-corrected chi connectivity index (χ1v) is 7.13. The van der Waals surface area contributed by atoms with Crippen molar-refractivity contribution in [2.75, 3.05) is 9.62 Å². The molecule has 2 rings (SSSR count). The molecule has 2 aromatic rings. The van der Waals surface area contributed by atoms with Crippen molar-refractivity contribution in [1.82, 2.24) is 5.43 Å². The lowest BCUT2D eigenvalue weighted by Crippen LogP contribution is -2.30. The van der Waals surface area contributed by atoms with Crippen LogP contribution in [0.25, 0.3) is 0 Å². The molecule has 2 aromatic carbocycles. The molecule has 0 aliphatic heterocycles. The minimum atomic E-state index is -0.563. The number of carbonyl (C=O) groups is 3. The van der Waals surface area contributed by atoms with Gasteiger partial charge in [-0.1, -0.05) is 18.9 Å². The minimum Gasteiger partial charge on any atom is -0.366 e. The van der Waals surface area contributed by atoms with Crippen LogP contribution in [0.4, 0.5) is 16.2 Å². The van der Waals surface area contributed by atoms with Crippen LogP contribution in [-0.2, 0) is 0 Å². The molecule has 4 amide bonds. The Kier molecular flexibility index (Phi) is 5.40. The van der Waals surface area contributed by atoms with E-state index >= 15 is 0 Å². The van der Waals surface area contributed by atoms with E-state index in [1.165, 1.54) is 30.3 Å². The van der Waals surface area contributed by atoms with E-state index in [1.54, 1.807) is 18.2 Å². The lowest BCUT2D eigenvalue weighted by atomic mass is 10.2. The average Bonchev–Trinajstić information content (AvgIpc) is 2.60. The molecule has 0 spiro atoms. The predicted molar refractivity (Wildman–Crippen MR) is 93.5 cm³/mol. The molecule has 0 fully saturated rings. The molecule has 0 aliphatic carbocycles. The van der Waals surface area contributed by atoms with Gasteiger partial charge in [0.2, 0.25) is 5.91 Å². The van der Waals surface area contributed by atoms with Crippen LogP contribution in [0.2, 0.25) is 0 Å². The third kappa shape index (κ3) is 4.03. The van der Waals surface area contributed by atoms with E-state index in [2.05, 4.69) is 18.1 Å². The number of nitrogen functional groups attached to an aromatic ring is 1. The fraction of sp³-hybridized carbons (Fsp3) is 0. The van der Waals surface area contributed by atoms with Crippen molar-refractivity contribution in [2.24, 2.45) is 11.6 Å². The number of nitrogens with two attached hydrogens (primary N) is 2. The smallest absolute Gasteiger partial charge is 0.336 e. The summed E-state index contributed by atoms with van der Waals surface area (Å²) in [4.78, 5) is 34.7. The number of urea groups is 1. The SMILES string of the molecule is NNC(=O)c1cccc(NC(=O)N(S)c2ccc(C(N)=O)cc2)c1. The molecule has 0 aliphatic rings. The van der Waals surface area contributed by atoms with Gasteiger partial charge in [0.1, 0.15) is 0 Å². The van der Waals surface area contributed by atoms with Crippen molar-refractivity contribution < 1.29 is 14.4 Å². The number of primary amides is 1. The van der Waals surface area contributed by atoms with Gasteiger partial charge in [0, 0.05) is 16.8 Å². The molecule has 8 nitrogen and oxygen atoms in total. The maximum absolute atomic E-state index is 12.2. The first-order valence-electron chi connectivity index (χ1n) is 6.73. The highest BCUT2D eigenvalue weighted by molar-refractivity contribution is 7.82. The van der Waals surface area contributed by atoms with Crippen LogP contribution in [0, 0.1) is 0 Å². The maximum Gasteiger partial charge on any atom is 0.336 e. The van der Waals surface area contributed by atoms with Gasteiger partial charge >= 0.3 is 6.03 Å². The average molecular weight is 345 g/mol. The second kappa shape index (κ2) is 7.49. The molecule has 0 saturated carbocycles. The first kappa shape index (κ1) is 17.3. The highest BCUT2D eigenvalue weighted by Crippen LogP contribution is 2.19. The first-order chi connectivity index (χ1) is 11.4. The number of hydrogen-bond acceptors (Lipinski definition) is 5. The van der Waals surface area contributed by atoms with Gasteiger partial charge in [-0.15, -0.1) is 0 Å². The normalized spacial score (nSPS) is 9.92. The number of nitrogens with one attached hydrogen (secondary N) is 2. The Balaban J connectivity index is 2.11. The number of thiol groups is 1. The summed E-state index contributed by atoms with van der Waals surface area (Å²) in [5.74, 6) is 4.03. The van der Waals surface area contributed by atoms with Crippen LogP contribution in [0.15, 0.2) is 48.5 Å². The largest absolute Gasteiger partial charge is 0.366 e. The zero-order chi connectivity index (χ0) is 17.7. The summed E-state index contributed by atoms with van der Waals surface area (Å²) in [6.45, 7) is 0. The van der Waals surface area contributed by atoms with Crippen LogP contribution in [0.5, 0.6) is 0 Å². The zero-order valence-corrected chi connectivity index (χ0v) is 13.3. The summed E-state index contributed by atoms with van der Waals surface area (Å²) < 4.78 is 1.06. The lowest BCUT2D eigenvalue weighted by Gasteiger charge is -2.17. The standard InChI is InChI=1S/C15H15N5O3S/c16-13(21)9-4-6-12(7-5-9)20(24)15(23)18-11-3-1-2-10(8-11)14(22)19-17/h1-8,24H,17H2,(H2,16,21)(H,18,23)(H,19,22). The Morgan fingerprint density at radius 2 is 1.67 bits per heavy atom. The zero-order valence-electron chi connectivity index (χ0n) is 12.4. The second-order valence-corrected chi connectivity index (χ2v) is 5.11. The molecular formula is C15H15N5O3S. The number of nitrogens with zero attached hydrogens (tertiary/aromatic N) is 1. The minimum absolute atomic E-state index is 0.298. The molecule has 124 valence electrons. The fourth-order valence-corrected chi connectivity index (χ4v) is 2.07. The van der Waals surface area contributed by atoms with Crippen molar-refractivity contribution in [3.05, 3.63) is 59.7 Å². The second-order valence-electron chi connectivity index (χ2n) is 4.71. The molecule has 6 N–H and O–H groups in total. The van der Waals surface area contributed by atoms with Gasteiger partial charge < -0.3 is 11.1 Å². The van der Waals surface area contributed by atoms with Crippen LogP contribution in [0.1, 0.15) is 20.7 Å². The van der Waals surface area contributed by atoms with Gasteiger partial charge in [0.05, 0.1) is 5.69 Å². The van der Waals surface area contributed by atoms with Crippen molar-refractivity contribution in [1.29, 1.82) is 0 Å².